The fourth-order valence-corrected chi connectivity index (χ4v) is 1.75. The van der Waals surface area contributed by atoms with Crippen molar-refractivity contribution in [3.05, 3.63) is 24.5 Å². The van der Waals surface area contributed by atoms with E-state index in [1.165, 1.54) is 4.90 Å². The van der Waals surface area contributed by atoms with Crippen molar-refractivity contribution in [3.8, 4) is 6.07 Å². The lowest BCUT2D eigenvalue weighted by Gasteiger charge is -2.28. The average molecular weight is 231 g/mol. The highest BCUT2D eigenvalue weighted by molar-refractivity contribution is 5.98. The van der Waals surface area contributed by atoms with Gasteiger partial charge in [-0.15, -0.1) is 0 Å². The molecule has 0 aliphatic heterocycles. The number of pyridine rings is 1. The Morgan fingerprint density at radius 2 is 2.18 bits per heavy atom. The minimum absolute atomic E-state index is 0.169. The molecule has 4 heteroatoms. The lowest BCUT2D eigenvalue weighted by atomic mass is 9.82. The Labute approximate surface area is 102 Å². The van der Waals surface area contributed by atoms with Crippen molar-refractivity contribution < 1.29 is 4.79 Å². The van der Waals surface area contributed by atoms with Gasteiger partial charge >= 0.3 is 0 Å². The van der Waals surface area contributed by atoms with Crippen LogP contribution in [-0.2, 0) is 4.79 Å². The van der Waals surface area contributed by atoms with E-state index in [1.807, 2.05) is 13.8 Å². The first-order valence-corrected chi connectivity index (χ1v) is 5.70. The zero-order valence-electron chi connectivity index (χ0n) is 10.5. The Balaban J connectivity index is 3.02. The molecule has 1 heterocycles. The molecule has 0 spiro atoms. The molecule has 0 saturated heterocycles. The van der Waals surface area contributed by atoms with Gasteiger partial charge in [-0.2, -0.15) is 5.26 Å². The Hall–Kier alpha value is -1.89. The van der Waals surface area contributed by atoms with Gasteiger partial charge in [-0.1, -0.05) is 13.8 Å². The molecule has 1 aromatic rings. The number of hydrogen-bond acceptors (Lipinski definition) is 3. The van der Waals surface area contributed by atoms with E-state index in [1.54, 1.807) is 31.6 Å². The molecule has 17 heavy (non-hydrogen) atoms. The number of rotatable bonds is 4. The number of amides is 1. The summed E-state index contributed by atoms with van der Waals surface area (Å²) in [5.74, 6) is -0.169. The molecule has 0 unspecified atom stereocenters. The van der Waals surface area contributed by atoms with Crippen LogP contribution in [0.4, 0.5) is 5.69 Å². The maximum Gasteiger partial charge on any atom is 0.247 e. The summed E-state index contributed by atoms with van der Waals surface area (Å²) in [6, 6.07) is 5.73. The van der Waals surface area contributed by atoms with Crippen LogP contribution in [0.25, 0.3) is 0 Å². The monoisotopic (exact) mass is 231 g/mol. The van der Waals surface area contributed by atoms with Crippen molar-refractivity contribution in [2.75, 3.05) is 11.9 Å². The van der Waals surface area contributed by atoms with E-state index in [4.69, 9.17) is 0 Å². The maximum atomic E-state index is 12.3. The summed E-state index contributed by atoms with van der Waals surface area (Å²) in [4.78, 5) is 17.8. The van der Waals surface area contributed by atoms with Crippen LogP contribution < -0.4 is 4.90 Å². The minimum atomic E-state index is -0.926. The van der Waals surface area contributed by atoms with Gasteiger partial charge in [0.25, 0.3) is 0 Å². The first-order chi connectivity index (χ1) is 8.11. The van der Waals surface area contributed by atoms with Crippen molar-refractivity contribution in [3.63, 3.8) is 0 Å². The molecule has 0 radical (unpaired) electrons. The molecule has 4 nitrogen and oxygen atoms in total. The SMILES string of the molecule is CCC(C#N)(CC)C(=O)N(C)c1cccnc1. The summed E-state index contributed by atoms with van der Waals surface area (Å²) in [6.07, 6.45) is 4.30. The summed E-state index contributed by atoms with van der Waals surface area (Å²) in [6.45, 7) is 3.73. The van der Waals surface area contributed by atoms with Gasteiger partial charge in [-0.3, -0.25) is 9.78 Å². The molecule has 0 bridgehead atoms. The lowest BCUT2D eigenvalue weighted by Crippen LogP contribution is -2.40. The van der Waals surface area contributed by atoms with E-state index in [-0.39, 0.29) is 5.91 Å². The Bertz CT molecular complexity index is 418. The second kappa shape index (κ2) is 5.44. The molecule has 0 N–H and O–H groups in total. The van der Waals surface area contributed by atoms with Crippen LogP contribution in [-0.4, -0.2) is 17.9 Å². The van der Waals surface area contributed by atoms with Crippen LogP contribution in [0.15, 0.2) is 24.5 Å². The van der Waals surface area contributed by atoms with E-state index in [0.717, 1.165) is 0 Å². The van der Waals surface area contributed by atoms with Crippen molar-refractivity contribution >= 4 is 11.6 Å². The van der Waals surface area contributed by atoms with Crippen molar-refractivity contribution in [2.45, 2.75) is 26.7 Å². The normalized spacial score (nSPS) is 10.7. The van der Waals surface area contributed by atoms with Crippen molar-refractivity contribution in [2.24, 2.45) is 5.41 Å². The van der Waals surface area contributed by atoms with Gasteiger partial charge in [-0.25, -0.2) is 0 Å². The molecule has 0 fully saturated rings. The second-order valence-electron chi connectivity index (χ2n) is 3.98. The maximum absolute atomic E-state index is 12.3. The fourth-order valence-electron chi connectivity index (χ4n) is 1.75. The third-order valence-corrected chi connectivity index (χ3v) is 3.17. The third-order valence-electron chi connectivity index (χ3n) is 3.17. The smallest absolute Gasteiger partial charge is 0.247 e. The predicted octanol–water partition coefficient (Wildman–Crippen LogP) is 2.37. The summed E-state index contributed by atoms with van der Waals surface area (Å²) in [5.41, 5.74) is -0.219. The Morgan fingerprint density at radius 1 is 1.53 bits per heavy atom. The Morgan fingerprint density at radius 3 is 2.59 bits per heavy atom. The summed E-state index contributed by atoms with van der Waals surface area (Å²) >= 11 is 0. The Kier molecular flexibility index (Phi) is 4.22. The van der Waals surface area contributed by atoms with Crippen molar-refractivity contribution in [1.82, 2.24) is 4.98 Å². The van der Waals surface area contributed by atoms with Gasteiger partial charge in [-0.05, 0) is 25.0 Å². The molecule has 0 atom stereocenters. The summed E-state index contributed by atoms with van der Waals surface area (Å²) < 4.78 is 0. The van der Waals surface area contributed by atoms with Crippen LogP contribution in [0.2, 0.25) is 0 Å². The van der Waals surface area contributed by atoms with Gasteiger partial charge in [0.15, 0.2) is 0 Å². The number of nitriles is 1. The molecular formula is C13H17N3O. The van der Waals surface area contributed by atoms with Crippen LogP contribution in [0.5, 0.6) is 0 Å². The van der Waals surface area contributed by atoms with Gasteiger partial charge in [0, 0.05) is 13.2 Å². The summed E-state index contributed by atoms with van der Waals surface area (Å²) in [5, 5.41) is 9.23. The highest BCUT2D eigenvalue weighted by atomic mass is 16.2. The van der Waals surface area contributed by atoms with Gasteiger partial charge < -0.3 is 4.90 Å². The zero-order chi connectivity index (χ0) is 12.9. The highest BCUT2D eigenvalue weighted by Crippen LogP contribution is 2.29. The van der Waals surface area contributed by atoms with Crippen molar-refractivity contribution in [1.29, 1.82) is 5.26 Å². The molecule has 1 aromatic heterocycles. The lowest BCUT2D eigenvalue weighted by molar-refractivity contribution is -0.125. The number of anilines is 1. The fraction of sp³-hybridized carbons (Fsp3) is 0.462. The van der Waals surface area contributed by atoms with Gasteiger partial charge in [0.1, 0.15) is 5.41 Å². The van der Waals surface area contributed by atoms with E-state index < -0.39 is 5.41 Å². The largest absolute Gasteiger partial charge is 0.313 e. The average Bonchev–Trinajstić information content (AvgIpc) is 2.41. The number of nitrogens with zero attached hydrogens (tertiary/aromatic N) is 3. The molecule has 1 amide bonds. The predicted molar refractivity (Wildman–Crippen MR) is 66.3 cm³/mol. The standard InChI is InChI=1S/C13H17N3O/c1-4-13(5-2,10-14)12(17)16(3)11-7-6-8-15-9-11/h6-9H,4-5H2,1-3H3. The molecule has 90 valence electrons. The number of carbonyl (C=O) groups excluding carboxylic acids is 1. The van der Waals surface area contributed by atoms with E-state index in [9.17, 15) is 10.1 Å². The quantitative estimate of drug-likeness (QED) is 0.799. The zero-order valence-corrected chi connectivity index (χ0v) is 10.5. The summed E-state index contributed by atoms with van der Waals surface area (Å²) in [7, 11) is 1.68. The molecule has 1 rings (SSSR count). The molecule has 0 aliphatic carbocycles. The van der Waals surface area contributed by atoms with Crippen LogP contribution >= 0.6 is 0 Å². The number of hydrogen-bond donors (Lipinski definition) is 0. The number of aromatic nitrogens is 1. The topological polar surface area (TPSA) is 57.0 Å². The van der Waals surface area contributed by atoms with Crippen LogP contribution in [0, 0.1) is 16.7 Å². The van der Waals surface area contributed by atoms with Gasteiger partial charge in [0.2, 0.25) is 5.91 Å². The highest BCUT2D eigenvalue weighted by Gasteiger charge is 2.37. The molecular weight excluding hydrogens is 214 g/mol. The second-order valence-corrected chi connectivity index (χ2v) is 3.98. The van der Waals surface area contributed by atoms with E-state index >= 15 is 0 Å². The molecule has 0 aromatic carbocycles. The third kappa shape index (κ3) is 2.44. The molecule has 0 aliphatic rings. The van der Waals surface area contributed by atoms with Gasteiger partial charge in [0.05, 0.1) is 18.0 Å². The van der Waals surface area contributed by atoms with E-state index in [2.05, 4.69) is 11.1 Å². The first-order valence-electron chi connectivity index (χ1n) is 5.70. The number of carbonyl (C=O) groups is 1. The van der Waals surface area contributed by atoms with E-state index in [0.29, 0.717) is 18.5 Å². The minimum Gasteiger partial charge on any atom is -0.313 e. The first kappa shape index (κ1) is 13.2. The van der Waals surface area contributed by atoms with Crippen LogP contribution in [0.1, 0.15) is 26.7 Å². The molecule has 0 saturated carbocycles. The van der Waals surface area contributed by atoms with Crippen LogP contribution in [0.3, 0.4) is 0 Å².